The third kappa shape index (κ3) is 3.77. The van der Waals surface area contributed by atoms with Gasteiger partial charge in [-0.05, 0) is 13.2 Å². The minimum atomic E-state index is -0.0646. The highest BCUT2D eigenvalue weighted by molar-refractivity contribution is 7.99. The number of nitrogens with zero attached hydrogens (tertiary/aromatic N) is 1. The van der Waals surface area contributed by atoms with Crippen molar-refractivity contribution in [3.8, 4) is 0 Å². The molecular formula is C12H21N3O2S2. The number of thiophene rings is 1. The Bertz CT molecular complexity index is 446. The molecule has 0 radical (unpaired) electrons. The van der Waals surface area contributed by atoms with Crippen LogP contribution in [0.5, 0.6) is 0 Å². The van der Waals surface area contributed by atoms with Gasteiger partial charge in [0.1, 0.15) is 9.88 Å². The highest BCUT2D eigenvalue weighted by Crippen LogP contribution is 2.42. The van der Waals surface area contributed by atoms with Gasteiger partial charge in [-0.15, -0.1) is 23.1 Å². The van der Waals surface area contributed by atoms with Gasteiger partial charge < -0.3 is 20.7 Å². The van der Waals surface area contributed by atoms with Crippen molar-refractivity contribution >= 4 is 39.7 Å². The molecule has 108 valence electrons. The molecule has 0 bridgehead atoms. The minimum Gasteiger partial charge on any atom is -0.396 e. The molecule has 5 nitrogen and oxygen atoms in total. The van der Waals surface area contributed by atoms with Gasteiger partial charge in [0.25, 0.3) is 5.91 Å². The number of carbonyl (C=O) groups is 1. The normalized spacial score (nSPS) is 12.3. The van der Waals surface area contributed by atoms with E-state index in [1.54, 1.807) is 33.0 Å². The predicted octanol–water partition coefficient (Wildman–Crippen LogP) is 2.20. The summed E-state index contributed by atoms with van der Waals surface area (Å²) in [5.74, 6) is -0.0646. The maximum absolute atomic E-state index is 12.1. The average molecular weight is 303 g/mol. The third-order valence-corrected chi connectivity index (χ3v) is 4.58. The number of anilines is 2. The van der Waals surface area contributed by atoms with Gasteiger partial charge in [-0.1, -0.05) is 0 Å². The lowest BCUT2D eigenvalue weighted by Gasteiger charge is -2.13. The molecule has 0 aliphatic rings. The second-order valence-corrected chi connectivity index (χ2v) is 6.24. The lowest BCUT2D eigenvalue weighted by atomic mass is 10.3. The van der Waals surface area contributed by atoms with Crippen LogP contribution in [0.3, 0.4) is 0 Å². The molecule has 1 amide bonds. The number of hydrogen-bond donors (Lipinski definition) is 2. The molecule has 0 fully saturated rings. The first-order valence-corrected chi connectivity index (χ1v) is 7.89. The van der Waals surface area contributed by atoms with Crippen molar-refractivity contribution in [3.63, 3.8) is 0 Å². The molecule has 0 aromatic carbocycles. The van der Waals surface area contributed by atoms with E-state index < -0.39 is 0 Å². The molecule has 1 aromatic heterocycles. The Morgan fingerprint density at radius 3 is 2.68 bits per heavy atom. The summed E-state index contributed by atoms with van der Waals surface area (Å²) in [5, 5.41) is 4.27. The number of thioether (sulfide) groups is 1. The average Bonchev–Trinajstić information content (AvgIpc) is 2.64. The maximum atomic E-state index is 12.1. The quantitative estimate of drug-likeness (QED) is 0.789. The zero-order valence-electron chi connectivity index (χ0n) is 11.9. The summed E-state index contributed by atoms with van der Waals surface area (Å²) in [4.78, 5) is 15.1. The van der Waals surface area contributed by atoms with E-state index in [2.05, 4.69) is 5.32 Å². The summed E-state index contributed by atoms with van der Waals surface area (Å²) >= 11 is 2.94. The highest BCUT2D eigenvalue weighted by Gasteiger charge is 2.22. The Balaban J connectivity index is 3.05. The third-order valence-electron chi connectivity index (χ3n) is 2.50. The van der Waals surface area contributed by atoms with Crippen LogP contribution in [0.4, 0.5) is 10.7 Å². The van der Waals surface area contributed by atoms with Crippen molar-refractivity contribution in [2.24, 2.45) is 0 Å². The van der Waals surface area contributed by atoms with Gasteiger partial charge in [-0.3, -0.25) is 4.79 Å². The molecule has 19 heavy (non-hydrogen) atoms. The fourth-order valence-electron chi connectivity index (χ4n) is 1.60. The number of ether oxygens (including phenoxy) is 1. The number of nitrogens with two attached hydrogens (primary N) is 1. The van der Waals surface area contributed by atoms with Gasteiger partial charge in [-0.25, -0.2) is 0 Å². The second kappa shape index (κ2) is 7.02. The Morgan fingerprint density at radius 1 is 1.58 bits per heavy atom. The Labute approximate surface area is 122 Å². The van der Waals surface area contributed by atoms with Crippen molar-refractivity contribution in [1.29, 1.82) is 0 Å². The van der Waals surface area contributed by atoms with Crippen molar-refractivity contribution in [2.75, 3.05) is 45.1 Å². The Morgan fingerprint density at radius 2 is 2.21 bits per heavy atom. The number of amides is 1. The summed E-state index contributed by atoms with van der Waals surface area (Å²) in [6, 6.07) is 0.163. The molecule has 0 saturated heterocycles. The number of nitrogen functional groups attached to an aromatic ring is 1. The fourth-order valence-corrected chi connectivity index (χ4v) is 3.76. The van der Waals surface area contributed by atoms with Crippen molar-refractivity contribution < 1.29 is 9.53 Å². The van der Waals surface area contributed by atoms with Gasteiger partial charge in [0.2, 0.25) is 0 Å². The lowest BCUT2D eigenvalue weighted by Crippen LogP contribution is -2.21. The van der Waals surface area contributed by atoms with E-state index in [0.29, 0.717) is 17.2 Å². The van der Waals surface area contributed by atoms with Gasteiger partial charge >= 0.3 is 0 Å². The summed E-state index contributed by atoms with van der Waals surface area (Å²) < 4.78 is 5.10. The number of methoxy groups -OCH3 is 1. The Kier molecular flexibility index (Phi) is 5.96. The topological polar surface area (TPSA) is 67.6 Å². The van der Waals surface area contributed by atoms with E-state index in [4.69, 9.17) is 10.5 Å². The number of rotatable bonds is 6. The van der Waals surface area contributed by atoms with Gasteiger partial charge in [-0.2, -0.15) is 0 Å². The highest BCUT2D eigenvalue weighted by atomic mass is 32.2. The maximum Gasteiger partial charge on any atom is 0.265 e. The Hall–Kier alpha value is -0.920. The monoisotopic (exact) mass is 303 g/mol. The van der Waals surface area contributed by atoms with Crippen molar-refractivity contribution in [2.45, 2.75) is 17.9 Å². The first-order valence-electron chi connectivity index (χ1n) is 5.85. The molecule has 0 saturated carbocycles. The molecule has 1 unspecified atom stereocenters. The molecule has 0 aliphatic carbocycles. The van der Waals surface area contributed by atoms with Crippen LogP contribution in [-0.4, -0.2) is 50.9 Å². The first-order chi connectivity index (χ1) is 8.92. The fraction of sp³-hybridized carbons (Fsp3) is 0.583. The van der Waals surface area contributed by atoms with E-state index in [1.807, 2.05) is 13.2 Å². The molecule has 1 rings (SSSR count). The van der Waals surface area contributed by atoms with Crippen LogP contribution in [0.25, 0.3) is 0 Å². The molecule has 1 atom stereocenters. The molecular weight excluding hydrogens is 282 g/mol. The number of hydrogen-bond acceptors (Lipinski definition) is 6. The van der Waals surface area contributed by atoms with E-state index in [1.165, 1.54) is 16.2 Å². The minimum absolute atomic E-state index is 0.0646. The smallest absolute Gasteiger partial charge is 0.265 e. The van der Waals surface area contributed by atoms with Crippen molar-refractivity contribution in [3.05, 3.63) is 4.88 Å². The van der Waals surface area contributed by atoms with Gasteiger partial charge in [0.05, 0.1) is 17.2 Å². The van der Waals surface area contributed by atoms with Crippen LogP contribution in [0.1, 0.15) is 16.6 Å². The van der Waals surface area contributed by atoms with E-state index in [0.717, 1.165) is 9.90 Å². The van der Waals surface area contributed by atoms with Crippen LogP contribution in [0.2, 0.25) is 0 Å². The lowest BCUT2D eigenvalue weighted by molar-refractivity contribution is 0.0833. The van der Waals surface area contributed by atoms with Gasteiger partial charge in [0.15, 0.2) is 0 Å². The summed E-state index contributed by atoms with van der Waals surface area (Å²) in [6.45, 7) is 2.62. The molecule has 1 aromatic rings. The SMILES string of the molecule is COCC(C)Nc1sc(C(=O)N(C)C)c(N)c1SC. The van der Waals surface area contributed by atoms with E-state index in [9.17, 15) is 4.79 Å². The predicted molar refractivity (Wildman–Crippen MR) is 83.5 cm³/mol. The summed E-state index contributed by atoms with van der Waals surface area (Å²) in [7, 11) is 5.11. The first kappa shape index (κ1) is 16.1. The molecule has 0 aliphatic heterocycles. The zero-order valence-corrected chi connectivity index (χ0v) is 13.6. The van der Waals surface area contributed by atoms with Crippen molar-refractivity contribution in [1.82, 2.24) is 4.90 Å². The van der Waals surface area contributed by atoms with E-state index in [-0.39, 0.29) is 11.9 Å². The molecule has 0 spiro atoms. The van der Waals surface area contributed by atoms with Crippen LogP contribution < -0.4 is 11.1 Å². The number of carbonyl (C=O) groups excluding carboxylic acids is 1. The number of nitrogens with one attached hydrogen (secondary N) is 1. The van der Waals surface area contributed by atoms with Crippen LogP contribution in [0, 0.1) is 0 Å². The van der Waals surface area contributed by atoms with Gasteiger partial charge in [0, 0.05) is 27.2 Å². The van der Waals surface area contributed by atoms with E-state index >= 15 is 0 Å². The summed E-state index contributed by atoms with van der Waals surface area (Å²) in [6.07, 6.45) is 1.95. The second-order valence-electron chi connectivity index (χ2n) is 4.41. The zero-order chi connectivity index (χ0) is 14.6. The van der Waals surface area contributed by atoms with Crippen LogP contribution in [-0.2, 0) is 4.74 Å². The molecule has 1 heterocycles. The summed E-state index contributed by atoms with van der Waals surface area (Å²) in [5.41, 5.74) is 6.63. The molecule has 7 heteroatoms. The van der Waals surface area contributed by atoms with Crippen LogP contribution in [0.15, 0.2) is 4.90 Å². The standard InChI is InChI=1S/C12H21N3O2S2/c1-7(6-17-4)14-11-9(18-5)8(13)10(19-11)12(16)15(2)3/h7,14H,6,13H2,1-5H3. The van der Waals surface area contributed by atoms with Crippen LogP contribution >= 0.6 is 23.1 Å². The largest absolute Gasteiger partial charge is 0.396 e. The molecule has 3 N–H and O–H groups in total.